The van der Waals surface area contributed by atoms with Crippen LogP contribution in [0, 0.1) is 32.2 Å². The van der Waals surface area contributed by atoms with Gasteiger partial charge in [0.25, 0.3) is 0 Å². The molecule has 0 aliphatic heterocycles. The molecular weight excluding hydrogens is 442 g/mol. The van der Waals surface area contributed by atoms with Gasteiger partial charge in [-0.05, 0) is 50.0 Å². The zero-order valence-electron chi connectivity index (χ0n) is 21.1. The summed E-state index contributed by atoms with van der Waals surface area (Å²) in [6, 6.07) is 2.84. The van der Waals surface area contributed by atoms with Crippen LogP contribution in [0.3, 0.4) is 0 Å². The van der Waals surface area contributed by atoms with Gasteiger partial charge in [0.15, 0.2) is 8.32 Å². The standard InChI is InChI=1S/C23H41NO4SSi2/c1-17-14-18(2)22(19(3)15-17)29(26,27)24-20(21(25)12-13-30(7,8)9)16-28-31(10,11)23(4,5)6/h14-15,20-21,24-25H,16H2,1-11H3/t20-,21-/m0/s1. The fraction of sp³-hybridized carbons (Fsp3) is 0.652. The van der Waals surface area contributed by atoms with Crippen LogP contribution in [0.5, 0.6) is 0 Å². The highest BCUT2D eigenvalue weighted by molar-refractivity contribution is 7.89. The Balaban J connectivity index is 3.32. The first-order valence-corrected chi connectivity index (χ1v) is 18.6. The molecule has 1 aromatic carbocycles. The lowest BCUT2D eigenvalue weighted by Gasteiger charge is -2.37. The molecule has 0 aromatic heterocycles. The first kappa shape index (κ1) is 28.1. The Bertz CT molecular complexity index is 925. The average molecular weight is 484 g/mol. The van der Waals surface area contributed by atoms with Crippen LogP contribution in [-0.2, 0) is 14.4 Å². The first-order chi connectivity index (χ1) is 13.8. The maximum Gasteiger partial charge on any atom is 0.241 e. The van der Waals surface area contributed by atoms with Crippen LogP contribution in [0.4, 0.5) is 0 Å². The summed E-state index contributed by atoms with van der Waals surface area (Å²) in [7, 11) is -7.75. The van der Waals surface area contributed by atoms with Gasteiger partial charge in [0.2, 0.25) is 10.0 Å². The second-order valence-corrected chi connectivity index (χ2v) is 22.2. The van der Waals surface area contributed by atoms with Gasteiger partial charge in [-0.1, -0.05) is 64.0 Å². The van der Waals surface area contributed by atoms with E-state index < -0.39 is 38.6 Å². The fourth-order valence-electron chi connectivity index (χ4n) is 2.94. The van der Waals surface area contributed by atoms with Crippen molar-refractivity contribution in [2.75, 3.05) is 6.61 Å². The average Bonchev–Trinajstić information content (AvgIpc) is 2.53. The van der Waals surface area contributed by atoms with Gasteiger partial charge >= 0.3 is 0 Å². The van der Waals surface area contributed by atoms with Gasteiger partial charge in [0, 0.05) is 0 Å². The summed E-state index contributed by atoms with van der Waals surface area (Å²) in [6.45, 7) is 22.4. The molecule has 31 heavy (non-hydrogen) atoms. The van der Waals surface area contributed by atoms with Crippen molar-refractivity contribution >= 4 is 26.4 Å². The van der Waals surface area contributed by atoms with Gasteiger partial charge in [-0.15, -0.1) is 5.54 Å². The normalized spacial score (nSPS) is 15.2. The third-order valence-electron chi connectivity index (χ3n) is 5.59. The lowest BCUT2D eigenvalue weighted by atomic mass is 10.1. The third kappa shape index (κ3) is 8.15. The van der Waals surface area contributed by atoms with Crippen molar-refractivity contribution in [3.8, 4) is 11.5 Å². The number of aryl methyl sites for hydroxylation is 3. The van der Waals surface area contributed by atoms with E-state index in [1.807, 2.05) is 19.1 Å². The molecule has 0 amide bonds. The molecule has 176 valence electrons. The molecule has 0 unspecified atom stereocenters. The number of sulfonamides is 1. The zero-order chi connectivity index (χ0) is 24.4. The summed E-state index contributed by atoms with van der Waals surface area (Å²) in [4.78, 5) is 0.251. The van der Waals surface area contributed by atoms with Gasteiger partial charge in [0.1, 0.15) is 14.2 Å². The Kier molecular flexibility index (Phi) is 8.96. The van der Waals surface area contributed by atoms with Gasteiger partial charge in [0.05, 0.1) is 17.5 Å². The molecule has 1 aromatic rings. The minimum Gasteiger partial charge on any atom is -0.415 e. The van der Waals surface area contributed by atoms with Crippen molar-refractivity contribution in [3.63, 3.8) is 0 Å². The van der Waals surface area contributed by atoms with Gasteiger partial charge in [-0.3, -0.25) is 0 Å². The molecule has 0 aliphatic carbocycles. The molecule has 0 saturated carbocycles. The van der Waals surface area contributed by atoms with E-state index in [0.29, 0.717) is 11.1 Å². The molecule has 0 aliphatic rings. The minimum atomic E-state index is -3.87. The van der Waals surface area contributed by atoms with Crippen LogP contribution in [0.2, 0.25) is 37.8 Å². The minimum absolute atomic E-state index is 0.0322. The monoisotopic (exact) mass is 483 g/mol. The summed E-state index contributed by atoms with van der Waals surface area (Å²) >= 11 is 0. The molecule has 0 fully saturated rings. The number of aliphatic hydroxyl groups is 1. The molecule has 0 radical (unpaired) electrons. The Labute approximate surface area is 192 Å². The van der Waals surface area contributed by atoms with Crippen molar-refractivity contribution < 1.29 is 18.0 Å². The maximum atomic E-state index is 13.3. The topological polar surface area (TPSA) is 75.6 Å². The second-order valence-electron chi connectivity index (χ2n) is 11.0. The zero-order valence-corrected chi connectivity index (χ0v) is 23.9. The van der Waals surface area contributed by atoms with Crippen molar-refractivity contribution in [2.45, 2.75) is 96.4 Å². The van der Waals surface area contributed by atoms with Gasteiger partial charge in [-0.2, -0.15) is 0 Å². The van der Waals surface area contributed by atoms with E-state index in [-0.39, 0.29) is 16.5 Å². The molecule has 5 nitrogen and oxygen atoms in total. The summed E-state index contributed by atoms with van der Waals surface area (Å²) in [5.41, 5.74) is 5.51. The SMILES string of the molecule is Cc1cc(C)c(S(=O)(=O)N[C@@H](CO[Si](C)(C)C(C)(C)C)[C@@H](O)C#C[Si](C)(C)C)c(C)c1. The van der Waals surface area contributed by atoms with Crippen LogP contribution < -0.4 is 4.72 Å². The number of aliphatic hydroxyl groups excluding tert-OH is 1. The summed E-state index contributed by atoms with van der Waals surface area (Å²) in [6.07, 6.45) is -1.16. The van der Waals surface area contributed by atoms with Gasteiger partial charge in [-0.25, -0.2) is 13.1 Å². The molecular formula is C23H41NO4SSi2. The Morgan fingerprint density at radius 2 is 1.55 bits per heavy atom. The number of benzene rings is 1. The Hall–Kier alpha value is -0.956. The van der Waals surface area contributed by atoms with Crippen molar-refractivity contribution in [1.82, 2.24) is 4.72 Å². The first-order valence-electron chi connectivity index (χ1n) is 10.7. The van der Waals surface area contributed by atoms with E-state index in [1.165, 1.54) is 0 Å². The third-order valence-corrected chi connectivity index (χ3v) is 12.8. The highest BCUT2D eigenvalue weighted by Gasteiger charge is 2.39. The number of rotatable bonds is 7. The molecule has 2 N–H and O–H groups in total. The van der Waals surface area contributed by atoms with E-state index in [4.69, 9.17) is 4.43 Å². The predicted octanol–water partition coefficient (Wildman–Crippen LogP) is 4.52. The van der Waals surface area contributed by atoms with E-state index in [2.05, 4.69) is 69.7 Å². The summed E-state index contributed by atoms with van der Waals surface area (Å²) in [5, 5.41) is 10.8. The number of hydrogen-bond acceptors (Lipinski definition) is 4. The molecule has 2 atom stereocenters. The molecule has 0 bridgehead atoms. The predicted molar refractivity (Wildman–Crippen MR) is 135 cm³/mol. The van der Waals surface area contributed by atoms with E-state index >= 15 is 0 Å². The quantitative estimate of drug-likeness (QED) is 0.441. The second kappa shape index (κ2) is 9.90. The van der Waals surface area contributed by atoms with Crippen molar-refractivity contribution in [1.29, 1.82) is 0 Å². The highest BCUT2D eigenvalue weighted by Crippen LogP contribution is 2.36. The van der Waals surface area contributed by atoms with Crippen LogP contribution in [0.1, 0.15) is 37.5 Å². The molecule has 0 spiro atoms. The van der Waals surface area contributed by atoms with E-state index in [0.717, 1.165) is 5.56 Å². The van der Waals surface area contributed by atoms with Gasteiger partial charge < -0.3 is 9.53 Å². The van der Waals surface area contributed by atoms with E-state index in [9.17, 15) is 13.5 Å². The fourth-order valence-corrected chi connectivity index (χ4v) is 6.23. The summed E-state index contributed by atoms with van der Waals surface area (Å²) in [5.74, 6) is 2.89. The molecule has 1 rings (SSSR count). The lowest BCUT2D eigenvalue weighted by Crippen LogP contribution is -2.50. The highest BCUT2D eigenvalue weighted by atomic mass is 32.2. The molecule has 0 heterocycles. The molecule has 8 heteroatoms. The van der Waals surface area contributed by atoms with Crippen LogP contribution in [0.15, 0.2) is 17.0 Å². The number of hydrogen-bond donors (Lipinski definition) is 2. The van der Waals surface area contributed by atoms with E-state index in [1.54, 1.807) is 13.8 Å². The largest absolute Gasteiger partial charge is 0.415 e. The maximum absolute atomic E-state index is 13.3. The smallest absolute Gasteiger partial charge is 0.241 e. The summed E-state index contributed by atoms with van der Waals surface area (Å²) < 4.78 is 35.6. The number of nitrogens with one attached hydrogen (secondary N) is 1. The van der Waals surface area contributed by atoms with Crippen molar-refractivity contribution in [3.05, 3.63) is 28.8 Å². The Morgan fingerprint density at radius 3 is 1.97 bits per heavy atom. The van der Waals surface area contributed by atoms with Crippen LogP contribution >= 0.6 is 0 Å². The van der Waals surface area contributed by atoms with Crippen LogP contribution in [-0.4, -0.2) is 48.7 Å². The Morgan fingerprint density at radius 1 is 1.06 bits per heavy atom. The molecule has 0 saturated heterocycles. The lowest BCUT2D eigenvalue weighted by molar-refractivity contribution is 0.145. The van der Waals surface area contributed by atoms with Crippen molar-refractivity contribution in [2.24, 2.45) is 0 Å². The van der Waals surface area contributed by atoms with Crippen LogP contribution in [0.25, 0.3) is 0 Å².